The predicted molar refractivity (Wildman–Crippen MR) is 130 cm³/mol. The van der Waals surface area contributed by atoms with Gasteiger partial charge < -0.3 is 0 Å². The second-order valence-corrected chi connectivity index (χ2v) is 14.0. The van der Waals surface area contributed by atoms with Gasteiger partial charge in [-0.3, -0.25) is 0 Å². The van der Waals surface area contributed by atoms with E-state index in [1.54, 1.807) is 31.1 Å². The Bertz CT molecular complexity index is 223. The smallest absolute Gasteiger partial charge is 0.000593 e. The van der Waals surface area contributed by atoms with Crippen molar-refractivity contribution < 1.29 is 0 Å². The molecule has 26 heavy (non-hydrogen) atoms. The second kappa shape index (κ2) is 20.6. The zero-order valence-electron chi connectivity index (χ0n) is 19.2. The summed E-state index contributed by atoms with van der Waals surface area (Å²) in [4.78, 5) is 0. The summed E-state index contributed by atoms with van der Waals surface area (Å²) in [6.45, 7) is 11.9. The van der Waals surface area contributed by atoms with E-state index in [0.29, 0.717) is 15.8 Å². The van der Waals surface area contributed by atoms with E-state index in [1.165, 1.54) is 83.5 Å². The minimum Gasteiger partial charge on any atom is -0.0991 e. The summed E-state index contributed by atoms with van der Waals surface area (Å²) in [5.74, 6) is 0. The van der Waals surface area contributed by atoms with Crippen LogP contribution >= 0.6 is 15.8 Å². The van der Waals surface area contributed by atoms with Gasteiger partial charge in [0.15, 0.2) is 0 Å². The van der Waals surface area contributed by atoms with E-state index in [1.807, 2.05) is 0 Å². The molecule has 0 atom stereocenters. The normalized spacial score (nSPS) is 12.0. The lowest BCUT2D eigenvalue weighted by Gasteiger charge is -2.36. The molecular weight excluding hydrogens is 350 g/mol. The fourth-order valence-electron chi connectivity index (χ4n) is 3.93. The van der Waals surface area contributed by atoms with Crippen molar-refractivity contribution in [2.45, 2.75) is 130 Å². The van der Waals surface area contributed by atoms with Crippen molar-refractivity contribution in [2.75, 3.05) is 24.6 Å². The second-order valence-electron chi connectivity index (χ2n) is 8.17. The van der Waals surface area contributed by atoms with Gasteiger partial charge in [-0.25, -0.2) is 0 Å². The first-order valence-corrected chi connectivity index (χ1v) is 15.8. The fraction of sp³-hybridized carbons (Fsp3) is 1.00. The van der Waals surface area contributed by atoms with Gasteiger partial charge in [-0.15, -0.1) is 0 Å². The Morgan fingerprint density at radius 3 is 0.962 bits per heavy atom. The first kappa shape index (κ1) is 26.9. The van der Waals surface area contributed by atoms with E-state index >= 15 is 0 Å². The molecule has 0 aromatic rings. The van der Waals surface area contributed by atoms with Crippen LogP contribution in [0.3, 0.4) is 0 Å². The molecule has 0 spiro atoms. The summed E-state index contributed by atoms with van der Waals surface area (Å²) >= 11 is 0. The van der Waals surface area contributed by atoms with Crippen LogP contribution in [0, 0.1) is 0 Å². The van der Waals surface area contributed by atoms with Crippen LogP contribution in [0.4, 0.5) is 0 Å². The van der Waals surface area contributed by atoms with Gasteiger partial charge in [-0.1, -0.05) is 108 Å². The average molecular weight is 403 g/mol. The van der Waals surface area contributed by atoms with Crippen LogP contribution in [0.5, 0.6) is 0 Å². The van der Waals surface area contributed by atoms with E-state index < -0.39 is 0 Å². The van der Waals surface area contributed by atoms with E-state index in [9.17, 15) is 0 Å². The first-order valence-electron chi connectivity index (χ1n) is 12.2. The summed E-state index contributed by atoms with van der Waals surface area (Å²) in [5, 5.41) is 1.15. The molecule has 2 heteroatoms. The highest BCUT2D eigenvalue weighted by Crippen LogP contribution is 2.61. The van der Waals surface area contributed by atoms with Crippen LogP contribution < -0.4 is 0 Å². The lowest BCUT2D eigenvalue weighted by molar-refractivity contribution is 0.746. The van der Waals surface area contributed by atoms with Gasteiger partial charge in [0, 0.05) is 0 Å². The molecule has 0 nitrogen and oxygen atoms in total. The zero-order valence-corrected chi connectivity index (χ0v) is 21.0. The number of hydrogen-bond donors (Lipinski definition) is 0. The predicted octanol–water partition coefficient (Wildman–Crippen LogP) is 9.84. The average Bonchev–Trinajstić information content (AvgIpc) is 2.64. The molecule has 0 aliphatic carbocycles. The first-order chi connectivity index (χ1) is 12.7. The summed E-state index contributed by atoms with van der Waals surface area (Å²) in [7, 11) is 0.589. The highest BCUT2D eigenvalue weighted by molar-refractivity contribution is 7.75. The van der Waals surface area contributed by atoms with Crippen molar-refractivity contribution in [3.05, 3.63) is 0 Å². The molecule has 0 aromatic heterocycles. The highest BCUT2D eigenvalue weighted by atomic mass is 31.2. The molecule has 0 aliphatic heterocycles. The monoisotopic (exact) mass is 402 g/mol. The summed E-state index contributed by atoms with van der Waals surface area (Å²) in [5.41, 5.74) is 0. The molecule has 0 amide bonds. The third-order valence-electron chi connectivity index (χ3n) is 5.59. The van der Waals surface area contributed by atoms with E-state index in [4.69, 9.17) is 0 Å². The van der Waals surface area contributed by atoms with E-state index in [-0.39, 0.29) is 0 Å². The fourth-order valence-corrected chi connectivity index (χ4v) is 12.6. The van der Waals surface area contributed by atoms with Crippen LogP contribution in [0.25, 0.3) is 0 Å². The van der Waals surface area contributed by atoms with Crippen LogP contribution in [0.2, 0.25) is 0 Å². The maximum Gasteiger partial charge on any atom is -0.000593 e. The topological polar surface area (TPSA) is 0 Å². The molecule has 0 fully saturated rings. The Labute approximate surface area is 170 Å². The van der Waals surface area contributed by atoms with Crippen LogP contribution in [-0.2, 0) is 0 Å². The molecule has 0 bridgehead atoms. The molecule has 0 heterocycles. The van der Waals surface area contributed by atoms with Crippen molar-refractivity contribution in [3.8, 4) is 0 Å². The van der Waals surface area contributed by atoms with Crippen molar-refractivity contribution >= 4 is 15.8 Å². The molecule has 0 unspecified atom stereocenters. The van der Waals surface area contributed by atoms with Crippen LogP contribution in [-0.4, -0.2) is 30.0 Å². The van der Waals surface area contributed by atoms with E-state index in [2.05, 4.69) is 34.6 Å². The lowest BCUT2D eigenvalue weighted by Crippen LogP contribution is -2.13. The van der Waals surface area contributed by atoms with Gasteiger partial charge >= 0.3 is 0 Å². The Hall–Kier alpha value is 0.860. The Kier molecular flexibility index (Phi) is 21.3. The van der Waals surface area contributed by atoms with Gasteiger partial charge in [0.1, 0.15) is 0 Å². The largest absolute Gasteiger partial charge is 0.0991 e. The molecule has 0 N–H and O–H groups in total. The van der Waals surface area contributed by atoms with E-state index in [0.717, 1.165) is 5.40 Å². The Balaban J connectivity index is 4.99. The molecule has 0 saturated heterocycles. The van der Waals surface area contributed by atoms with Crippen LogP contribution in [0.15, 0.2) is 0 Å². The van der Waals surface area contributed by atoms with Gasteiger partial charge in [0.2, 0.25) is 0 Å². The number of rotatable bonds is 20. The van der Waals surface area contributed by atoms with Gasteiger partial charge in [-0.2, -0.15) is 0 Å². The minimum atomic E-state index is 0.295. The highest BCUT2D eigenvalue weighted by Gasteiger charge is 2.27. The maximum atomic E-state index is 2.45. The van der Waals surface area contributed by atoms with Crippen molar-refractivity contribution in [1.29, 1.82) is 0 Å². The van der Waals surface area contributed by atoms with Gasteiger partial charge in [0.25, 0.3) is 0 Å². The molecule has 0 aromatic carbocycles. The van der Waals surface area contributed by atoms with Crippen molar-refractivity contribution in [2.24, 2.45) is 0 Å². The SMILES string of the molecule is CCCCCP(CCCCC)C(CCC)P(CCCCC)CCCCC. The molecule has 158 valence electrons. The molecule has 0 saturated carbocycles. The summed E-state index contributed by atoms with van der Waals surface area (Å²) < 4.78 is 0. The number of hydrogen-bond acceptors (Lipinski definition) is 0. The summed E-state index contributed by atoms with van der Waals surface area (Å²) in [6, 6.07) is 0. The third-order valence-corrected chi connectivity index (χ3v) is 13.3. The zero-order chi connectivity index (χ0) is 19.5. The number of unbranched alkanes of at least 4 members (excludes halogenated alkanes) is 8. The standard InChI is InChI=1S/C24H52P2/c1-6-11-15-20-25(21-16-12-7-2)24(19-10-5)26(22-17-13-8-3)23-18-14-9-4/h24H,6-23H2,1-5H3. The van der Waals surface area contributed by atoms with Crippen LogP contribution in [0.1, 0.15) is 125 Å². The van der Waals surface area contributed by atoms with Crippen molar-refractivity contribution in [1.82, 2.24) is 0 Å². The maximum absolute atomic E-state index is 2.45. The minimum absolute atomic E-state index is 0.295. The van der Waals surface area contributed by atoms with Gasteiger partial charge in [-0.05, 0) is 62.2 Å². The molecular formula is C24H52P2. The Morgan fingerprint density at radius 1 is 0.423 bits per heavy atom. The Morgan fingerprint density at radius 2 is 0.731 bits per heavy atom. The summed E-state index contributed by atoms with van der Waals surface area (Å²) in [6.07, 6.45) is 26.8. The molecule has 0 aliphatic rings. The third kappa shape index (κ3) is 13.9. The van der Waals surface area contributed by atoms with Gasteiger partial charge in [0.05, 0.1) is 0 Å². The molecule has 0 radical (unpaired) electrons. The lowest BCUT2D eigenvalue weighted by atomic mass is 10.3. The molecule has 0 rings (SSSR count). The van der Waals surface area contributed by atoms with Crippen molar-refractivity contribution in [3.63, 3.8) is 0 Å². The quantitative estimate of drug-likeness (QED) is 0.140.